The van der Waals surface area contributed by atoms with E-state index in [0.717, 1.165) is 22.9 Å². The SMILES string of the molecule is CCNC(=NCC(=O)NCCOC)NCCc1c[nH]c2cc(F)ccc12. The van der Waals surface area contributed by atoms with E-state index in [2.05, 4.69) is 25.9 Å². The van der Waals surface area contributed by atoms with E-state index in [4.69, 9.17) is 4.74 Å². The summed E-state index contributed by atoms with van der Waals surface area (Å²) < 4.78 is 18.1. The smallest absolute Gasteiger partial charge is 0.241 e. The van der Waals surface area contributed by atoms with Crippen LogP contribution in [0.5, 0.6) is 0 Å². The molecule has 0 saturated carbocycles. The highest BCUT2D eigenvalue weighted by atomic mass is 19.1. The predicted molar refractivity (Wildman–Crippen MR) is 101 cm³/mol. The number of nitrogens with zero attached hydrogens (tertiary/aromatic N) is 1. The number of H-pyrrole nitrogens is 1. The summed E-state index contributed by atoms with van der Waals surface area (Å²) in [6.45, 7) is 4.29. The molecule has 0 spiro atoms. The first-order chi connectivity index (χ1) is 12.6. The molecule has 26 heavy (non-hydrogen) atoms. The number of ether oxygens (including phenoxy) is 1. The molecule has 0 atom stereocenters. The van der Waals surface area contributed by atoms with Crippen LogP contribution in [-0.2, 0) is 16.0 Å². The Hall–Kier alpha value is -2.61. The molecular formula is C18H26FN5O2. The second-order valence-corrected chi connectivity index (χ2v) is 5.72. The summed E-state index contributed by atoms with van der Waals surface area (Å²) in [7, 11) is 1.59. The molecule has 0 aliphatic rings. The summed E-state index contributed by atoms with van der Waals surface area (Å²) in [5.74, 6) is 0.174. The number of hydrogen-bond acceptors (Lipinski definition) is 3. The number of aliphatic imine (C=N–C) groups is 1. The number of amides is 1. The number of rotatable bonds is 9. The van der Waals surface area contributed by atoms with Gasteiger partial charge < -0.3 is 25.7 Å². The first-order valence-electron chi connectivity index (χ1n) is 8.67. The number of benzene rings is 1. The van der Waals surface area contributed by atoms with E-state index >= 15 is 0 Å². The van der Waals surface area contributed by atoms with E-state index < -0.39 is 0 Å². The van der Waals surface area contributed by atoms with E-state index in [1.807, 2.05) is 13.1 Å². The fourth-order valence-electron chi connectivity index (χ4n) is 2.52. The molecule has 0 aliphatic heterocycles. The molecule has 4 N–H and O–H groups in total. The number of methoxy groups -OCH3 is 1. The van der Waals surface area contributed by atoms with Crippen molar-refractivity contribution in [3.63, 3.8) is 0 Å². The van der Waals surface area contributed by atoms with Gasteiger partial charge in [-0.2, -0.15) is 0 Å². The number of nitrogens with one attached hydrogen (secondary N) is 4. The van der Waals surface area contributed by atoms with Crippen LogP contribution >= 0.6 is 0 Å². The molecule has 0 radical (unpaired) electrons. The van der Waals surface area contributed by atoms with Crippen LogP contribution in [0.2, 0.25) is 0 Å². The Bertz CT molecular complexity index is 744. The van der Waals surface area contributed by atoms with Gasteiger partial charge in [0.2, 0.25) is 5.91 Å². The van der Waals surface area contributed by atoms with Crippen molar-refractivity contribution in [2.75, 3.05) is 39.9 Å². The summed E-state index contributed by atoms with van der Waals surface area (Å²) in [5.41, 5.74) is 1.88. The predicted octanol–water partition coefficient (Wildman–Crippen LogP) is 1.17. The molecule has 1 aromatic carbocycles. The lowest BCUT2D eigenvalue weighted by atomic mass is 10.1. The van der Waals surface area contributed by atoms with E-state index in [-0.39, 0.29) is 18.3 Å². The van der Waals surface area contributed by atoms with Gasteiger partial charge in [0.25, 0.3) is 0 Å². The zero-order valence-corrected chi connectivity index (χ0v) is 15.2. The van der Waals surface area contributed by atoms with Crippen LogP contribution < -0.4 is 16.0 Å². The van der Waals surface area contributed by atoms with Crippen molar-refractivity contribution in [1.82, 2.24) is 20.9 Å². The Kier molecular flexibility index (Phi) is 7.88. The van der Waals surface area contributed by atoms with Crippen molar-refractivity contribution in [3.8, 4) is 0 Å². The average molecular weight is 363 g/mol. The van der Waals surface area contributed by atoms with Crippen LogP contribution in [0.25, 0.3) is 10.9 Å². The quantitative estimate of drug-likeness (QED) is 0.306. The minimum atomic E-state index is -0.255. The molecule has 0 aliphatic carbocycles. The van der Waals surface area contributed by atoms with Crippen molar-refractivity contribution < 1.29 is 13.9 Å². The fraction of sp³-hybridized carbons (Fsp3) is 0.444. The maximum absolute atomic E-state index is 13.2. The standard InChI is InChI=1S/C18H26FN5O2/c1-3-20-18(24-12-17(25)21-8-9-26-2)22-7-6-13-11-23-16-10-14(19)4-5-15(13)16/h4-5,10-11,23H,3,6-9,12H2,1-2H3,(H,21,25)(H2,20,22,24). The number of halogens is 1. The van der Waals surface area contributed by atoms with Gasteiger partial charge in [-0.25, -0.2) is 9.38 Å². The van der Waals surface area contributed by atoms with Gasteiger partial charge >= 0.3 is 0 Å². The third kappa shape index (κ3) is 6.03. The van der Waals surface area contributed by atoms with Crippen molar-refractivity contribution in [3.05, 3.63) is 35.8 Å². The molecule has 1 aromatic heterocycles. The zero-order valence-electron chi connectivity index (χ0n) is 15.2. The summed E-state index contributed by atoms with van der Waals surface area (Å²) in [6, 6.07) is 4.72. The molecule has 2 aromatic rings. The monoisotopic (exact) mass is 363 g/mol. The summed E-state index contributed by atoms with van der Waals surface area (Å²) in [6.07, 6.45) is 2.63. The summed E-state index contributed by atoms with van der Waals surface area (Å²) >= 11 is 0. The minimum absolute atomic E-state index is 0.0470. The van der Waals surface area contributed by atoms with Crippen LogP contribution in [0.1, 0.15) is 12.5 Å². The second-order valence-electron chi connectivity index (χ2n) is 5.72. The van der Waals surface area contributed by atoms with Crippen LogP contribution in [0, 0.1) is 5.82 Å². The lowest BCUT2D eigenvalue weighted by Crippen LogP contribution is -2.39. The number of carbonyl (C=O) groups is 1. The van der Waals surface area contributed by atoms with E-state index in [9.17, 15) is 9.18 Å². The normalized spacial score (nSPS) is 11.6. The molecular weight excluding hydrogens is 337 g/mol. The van der Waals surface area contributed by atoms with Gasteiger partial charge in [-0.05, 0) is 37.1 Å². The molecule has 0 unspecified atom stereocenters. The van der Waals surface area contributed by atoms with Crippen LogP contribution in [-0.4, -0.2) is 56.7 Å². The molecule has 0 bridgehead atoms. The number of carbonyl (C=O) groups excluding carboxylic acids is 1. The molecule has 142 valence electrons. The largest absolute Gasteiger partial charge is 0.383 e. The van der Waals surface area contributed by atoms with Gasteiger partial charge in [-0.15, -0.1) is 0 Å². The third-order valence-corrected chi connectivity index (χ3v) is 3.77. The Morgan fingerprint density at radius 3 is 2.88 bits per heavy atom. The van der Waals surface area contributed by atoms with Crippen LogP contribution in [0.4, 0.5) is 4.39 Å². The fourth-order valence-corrected chi connectivity index (χ4v) is 2.52. The highest BCUT2D eigenvalue weighted by molar-refractivity contribution is 5.85. The van der Waals surface area contributed by atoms with Crippen molar-refractivity contribution in [2.24, 2.45) is 4.99 Å². The van der Waals surface area contributed by atoms with Crippen LogP contribution in [0.15, 0.2) is 29.4 Å². The summed E-state index contributed by atoms with van der Waals surface area (Å²) in [4.78, 5) is 19.0. The zero-order chi connectivity index (χ0) is 18.8. The number of guanidine groups is 1. The van der Waals surface area contributed by atoms with Gasteiger partial charge in [-0.3, -0.25) is 4.79 Å². The molecule has 0 saturated heterocycles. The van der Waals surface area contributed by atoms with Crippen molar-refractivity contribution in [2.45, 2.75) is 13.3 Å². The number of hydrogen-bond donors (Lipinski definition) is 4. The minimum Gasteiger partial charge on any atom is -0.383 e. The first-order valence-corrected chi connectivity index (χ1v) is 8.67. The summed E-state index contributed by atoms with van der Waals surface area (Å²) in [5, 5.41) is 10.0. The number of aromatic amines is 1. The lowest BCUT2D eigenvalue weighted by Gasteiger charge is -2.11. The Morgan fingerprint density at radius 1 is 1.27 bits per heavy atom. The molecule has 0 fully saturated rings. The first kappa shape index (κ1) is 19.7. The van der Waals surface area contributed by atoms with E-state index in [1.165, 1.54) is 12.1 Å². The van der Waals surface area contributed by atoms with Crippen molar-refractivity contribution in [1.29, 1.82) is 0 Å². The van der Waals surface area contributed by atoms with Crippen LogP contribution in [0.3, 0.4) is 0 Å². The van der Waals surface area contributed by atoms with E-state index in [0.29, 0.717) is 32.2 Å². The van der Waals surface area contributed by atoms with Gasteiger partial charge in [0.05, 0.1) is 6.61 Å². The van der Waals surface area contributed by atoms with Crippen molar-refractivity contribution >= 4 is 22.8 Å². The van der Waals surface area contributed by atoms with Gasteiger partial charge in [-0.1, -0.05) is 0 Å². The van der Waals surface area contributed by atoms with E-state index in [1.54, 1.807) is 13.2 Å². The highest BCUT2D eigenvalue weighted by Gasteiger charge is 2.06. The Balaban J connectivity index is 1.85. The van der Waals surface area contributed by atoms with Gasteiger partial charge in [0.1, 0.15) is 12.4 Å². The maximum Gasteiger partial charge on any atom is 0.241 e. The maximum atomic E-state index is 13.2. The highest BCUT2D eigenvalue weighted by Crippen LogP contribution is 2.19. The number of aromatic nitrogens is 1. The van der Waals surface area contributed by atoms with Gasteiger partial charge in [0.15, 0.2) is 5.96 Å². The molecule has 7 nitrogen and oxygen atoms in total. The topological polar surface area (TPSA) is 90.5 Å². The number of fused-ring (bicyclic) bond motifs is 1. The lowest BCUT2D eigenvalue weighted by molar-refractivity contribution is -0.119. The Morgan fingerprint density at radius 2 is 2.12 bits per heavy atom. The Labute approximate surface area is 152 Å². The molecule has 1 amide bonds. The van der Waals surface area contributed by atoms with Gasteiger partial charge in [0, 0.05) is 43.8 Å². The molecule has 2 rings (SSSR count). The second kappa shape index (κ2) is 10.4. The third-order valence-electron chi connectivity index (χ3n) is 3.77. The molecule has 1 heterocycles. The molecule has 8 heteroatoms. The average Bonchev–Trinajstić information content (AvgIpc) is 3.02.